The summed E-state index contributed by atoms with van der Waals surface area (Å²) in [6.07, 6.45) is 1.56. The molecular formula is C17H15ClN4O2. The summed E-state index contributed by atoms with van der Waals surface area (Å²) in [5.74, 6) is 0.444. The number of hydrogen-bond acceptors (Lipinski definition) is 4. The fourth-order valence-electron chi connectivity index (χ4n) is 2.17. The van der Waals surface area contributed by atoms with Crippen LogP contribution < -0.4 is 10.1 Å². The van der Waals surface area contributed by atoms with Crippen LogP contribution in [0.15, 0.2) is 54.7 Å². The summed E-state index contributed by atoms with van der Waals surface area (Å²) in [4.78, 5) is 12.2. The fourth-order valence-corrected chi connectivity index (χ4v) is 2.35. The van der Waals surface area contributed by atoms with Crippen molar-refractivity contribution in [3.05, 3.63) is 71.0 Å². The Labute approximate surface area is 144 Å². The topological polar surface area (TPSA) is 69.0 Å². The molecule has 3 rings (SSSR count). The molecule has 0 radical (unpaired) electrons. The van der Waals surface area contributed by atoms with Crippen molar-refractivity contribution in [2.45, 2.75) is 6.54 Å². The number of ether oxygens (including phenoxy) is 1. The minimum absolute atomic E-state index is 0.234. The molecule has 6 nitrogen and oxygen atoms in total. The standard InChI is InChI=1S/C17H15ClN4O2/c1-24-15-7-2-4-12(8-15)10-19-17(23)16-11-22(21-20-16)14-6-3-5-13(18)9-14/h2-9,11H,10H2,1H3,(H,19,23). The van der Waals surface area contributed by atoms with Gasteiger partial charge in [0.1, 0.15) is 5.75 Å². The van der Waals surface area contributed by atoms with Gasteiger partial charge in [-0.25, -0.2) is 4.68 Å². The molecule has 122 valence electrons. The van der Waals surface area contributed by atoms with E-state index in [0.29, 0.717) is 11.6 Å². The Morgan fingerprint density at radius 2 is 2.08 bits per heavy atom. The second-order valence-electron chi connectivity index (χ2n) is 5.06. The van der Waals surface area contributed by atoms with Crippen molar-refractivity contribution in [1.82, 2.24) is 20.3 Å². The van der Waals surface area contributed by atoms with Gasteiger partial charge in [-0.1, -0.05) is 35.0 Å². The fraction of sp³-hybridized carbons (Fsp3) is 0.118. The third-order valence-corrected chi connectivity index (χ3v) is 3.62. The van der Waals surface area contributed by atoms with E-state index in [-0.39, 0.29) is 11.6 Å². The number of hydrogen-bond donors (Lipinski definition) is 1. The van der Waals surface area contributed by atoms with Crippen molar-refractivity contribution in [2.24, 2.45) is 0 Å². The van der Waals surface area contributed by atoms with Crippen LogP contribution in [0.3, 0.4) is 0 Å². The number of nitrogens with one attached hydrogen (secondary N) is 1. The van der Waals surface area contributed by atoms with E-state index < -0.39 is 0 Å². The summed E-state index contributed by atoms with van der Waals surface area (Å²) >= 11 is 5.96. The lowest BCUT2D eigenvalue weighted by Gasteiger charge is -2.05. The average molecular weight is 343 g/mol. The second-order valence-corrected chi connectivity index (χ2v) is 5.50. The molecule has 1 heterocycles. The number of carbonyl (C=O) groups is 1. The third-order valence-electron chi connectivity index (χ3n) is 3.39. The molecule has 1 amide bonds. The lowest BCUT2D eigenvalue weighted by molar-refractivity contribution is 0.0946. The summed E-state index contributed by atoms with van der Waals surface area (Å²) in [5, 5.41) is 11.3. The van der Waals surface area contributed by atoms with Gasteiger partial charge in [-0.05, 0) is 35.9 Å². The zero-order valence-electron chi connectivity index (χ0n) is 12.9. The van der Waals surface area contributed by atoms with Crippen LogP contribution in [-0.4, -0.2) is 28.0 Å². The number of benzene rings is 2. The highest BCUT2D eigenvalue weighted by Gasteiger charge is 2.11. The predicted molar refractivity (Wildman–Crippen MR) is 90.5 cm³/mol. The van der Waals surface area contributed by atoms with Crippen molar-refractivity contribution in [2.75, 3.05) is 7.11 Å². The van der Waals surface area contributed by atoms with Gasteiger partial charge >= 0.3 is 0 Å². The maximum atomic E-state index is 12.2. The molecule has 3 aromatic rings. The molecule has 2 aromatic carbocycles. The summed E-state index contributed by atoms with van der Waals surface area (Å²) in [7, 11) is 1.60. The third kappa shape index (κ3) is 3.72. The first-order chi connectivity index (χ1) is 11.7. The number of aromatic nitrogens is 3. The highest BCUT2D eigenvalue weighted by molar-refractivity contribution is 6.30. The van der Waals surface area contributed by atoms with E-state index in [4.69, 9.17) is 16.3 Å². The zero-order chi connectivity index (χ0) is 16.9. The Hall–Kier alpha value is -2.86. The van der Waals surface area contributed by atoms with Gasteiger partial charge in [0.05, 0.1) is 19.0 Å². The van der Waals surface area contributed by atoms with Gasteiger partial charge in [-0.3, -0.25) is 4.79 Å². The van der Waals surface area contributed by atoms with Gasteiger partial charge in [0.25, 0.3) is 5.91 Å². The van der Waals surface area contributed by atoms with Crippen LogP contribution in [0.4, 0.5) is 0 Å². The van der Waals surface area contributed by atoms with Gasteiger partial charge < -0.3 is 10.1 Å². The first-order valence-corrected chi connectivity index (χ1v) is 7.63. The number of methoxy groups -OCH3 is 1. The van der Waals surface area contributed by atoms with Crippen molar-refractivity contribution < 1.29 is 9.53 Å². The Bertz CT molecular complexity index is 863. The van der Waals surface area contributed by atoms with Crippen LogP contribution in [0, 0.1) is 0 Å². The van der Waals surface area contributed by atoms with Crippen molar-refractivity contribution in [3.8, 4) is 11.4 Å². The van der Waals surface area contributed by atoms with E-state index in [1.54, 1.807) is 25.4 Å². The van der Waals surface area contributed by atoms with Crippen molar-refractivity contribution >= 4 is 17.5 Å². The van der Waals surface area contributed by atoms with E-state index >= 15 is 0 Å². The summed E-state index contributed by atoms with van der Waals surface area (Å²) in [5.41, 5.74) is 1.91. The molecule has 0 atom stereocenters. The maximum absolute atomic E-state index is 12.2. The molecule has 0 aliphatic heterocycles. The molecule has 0 spiro atoms. The minimum atomic E-state index is -0.300. The second kappa shape index (κ2) is 7.14. The normalized spacial score (nSPS) is 10.4. The van der Waals surface area contributed by atoms with Crippen LogP contribution in [0.1, 0.15) is 16.1 Å². The Kier molecular flexibility index (Phi) is 4.77. The Morgan fingerprint density at radius 1 is 1.25 bits per heavy atom. The molecule has 0 fully saturated rings. The molecule has 0 aliphatic rings. The van der Waals surface area contributed by atoms with E-state index in [0.717, 1.165) is 17.0 Å². The molecule has 0 saturated carbocycles. The van der Waals surface area contributed by atoms with E-state index in [1.807, 2.05) is 36.4 Å². The monoisotopic (exact) mass is 342 g/mol. The van der Waals surface area contributed by atoms with Crippen LogP contribution in [0.5, 0.6) is 5.75 Å². The Morgan fingerprint density at radius 3 is 2.88 bits per heavy atom. The van der Waals surface area contributed by atoms with Crippen molar-refractivity contribution in [1.29, 1.82) is 0 Å². The van der Waals surface area contributed by atoms with E-state index in [1.165, 1.54) is 4.68 Å². The molecule has 0 bridgehead atoms. The van der Waals surface area contributed by atoms with Crippen LogP contribution in [-0.2, 0) is 6.54 Å². The molecule has 7 heteroatoms. The molecular weight excluding hydrogens is 328 g/mol. The highest BCUT2D eigenvalue weighted by atomic mass is 35.5. The lowest BCUT2D eigenvalue weighted by atomic mass is 10.2. The SMILES string of the molecule is COc1cccc(CNC(=O)c2cn(-c3cccc(Cl)c3)nn2)c1. The van der Waals surface area contributed by atoms with Gasteiger partial charge in [-0.15, -0.1) is 5.10 Å². The molecule has 0 aliphatic carbocycles. The van der Waals surface area contributed by atoms with E-state index in [2.05, 4.69) is 15.6 Å². The number of halogens is 1. The molecule has 24 heavy (non-hydrogen) atoms. The smallest absolute Gasteiger partial charge is 0.273 e. The largest absolute Gasteiger partial charge is 0.497 e. The first kappa shape index (κ1) is 16.0. The summed E-state index contributed by atoms with van der Waals surface area (Å²) in [6.45, 7) is 0.375. The number of carbonyl (C=O) groups excluding carboxylic acids is 1. The molecule has 1 aromatic heterocycles. The first-order valence-electron chi connectivity index (χ1n) is 7.25. The molecule has 0 unspecified atom stereocenters. The van der Waals surface area contributed by atoms with Crippen molar-refractivity contribution in [3.63, 3.8) is 0 Å². The maximum Gasteiger partial charge on any atom is 0.273 e. The van der Waals surface area contributed by atoms with Crippen LogP contribution >= 0.6 is 11.6 Å². The average Bonchev–Trinajstić information content (AvgIpc) is 3.10. The van der Waals surface area contributed by atoms with Gasteiger partial charge in [0.15, 0.2) is 5.69 Å². The summed E-state index contributed by atoms with van der Waals surface area (Å²) < 4.78 is 6.67. The highest BCUT2D eigenvalue weighted by Crippen LogP contribution is 2.14. The minimum Gasteiger partial charge on any atom is -0.497 e. The van der Waals surface area contributed by atoms with Crippen LogP contribution in [0.2, 0.25) is 5.02 Å². The quantitative estimate of drug-likeness (QED) is 0.774. The summed E-state index contributed by atoms with van der Waals surface area (Å²) in [6, 6.07) is 14.6. The Balaban J connectivity index is 1.67. The molecule has 1 N–H and O–H groups in total. The zero-order valence-corrected chi connectivity index (χ0v) is 13.7. The number of amides is 1. The number of nitrogens with zero attached hydrogens (tertiary/aromatic N) is 3. The van der Waals surface area contributed by atoms with Crippen LogP contribution in [0.25, 0.3) is 5.69 Å². The van der Waals surface area contributed by atoms with E-state index in [9.17, 15) is 4.79 Å². The van der Waals surface area contributed by atoms with Gasteiger partial charge in [0, 0.05) is 11.6 Å². The lowest BCUT2D eigenvalue weighted by Crippen LogP contribution is -2.23. The van der Waals surface area contributed by atoms with Gasteiger partial charge in [-0.2, -0.15) is 0 Å². The van der Waals surface area contributed by atoms with Gasteiger partial charge in [0.2, 0.25) is 0 Å². The molecule has 0 saturated heterocycles. The number of rotatable bonds is 5. The predicted octanol–water partition coefficient (Wildman–Crippen LogP) is 2.86.